The van der Waals surface area contributed by atoms with E-state index in [4.69, 9.17) is 0 Å². The Balaban J connectivity index is 1.72. The molecule has 3 nitrogen and oxygen atoms in total. The minimum atomic E-state index is 0.0984. The Labute approximate surface area is 108 Å². The molecule has 3 rings (SSSR count). The van der Waals surface area contributed by atoms with E-state index < -0.39 is 0 Å². The van der Waals surface area contributed by atoms with Crippen LogP contribution in [-0.4, -0.2) is 10.9 Å². The number of hydrogen-bond acceptors (Lipinski definition) is 2. The van der Waals surface area contributed by atoms with Crippen LogP contribution in [0.1, 0.15) is 12.8 Å². The Morgan fingerprint density at radius 1 is 1.41 bits per heavy atom. The van der Waals surface area contributed by atoms with E-state index in [9.17, 15) is 4.79 Å². The van der Waals surface area contributed by atoms with Crippen LogP contribution in [0.2, 0.25) is 0 Å². The van der Waals surface area contributed by atoms with E-state index in [2.05, 4.69) is 38.4 Å². The highest BCUT2D eigenvalue weighted by Gasteiger charge is 2.39. The molecular formula is C13H13BrN2O. The number of amides is 1. The van der Waals surface area contributed by atoms with Gasteiger partial charge in [0.15, 0.2) is 0 Å². The second kappa shape index (κ2) is 4.26. The second-order valence-electron chi connectivity index (χ2n) is 4.71. The lowest BCUT2D eigenvalue weighted by molar-refractivity contribution is -0.120. The van der Waals surface area contributed by atoms with Gasteiger partial charge in [-0.25, -0.2) is 4.98 Å². The van der Waals surface area contributed by atoms with Crippen molar-refractivity contribution in [1.82, 2.24) is 4.98 Å². The zero-order valence-corrected chi connectivity index (χ0v) is 10.9. The second-order valence-corrected chi connectivity index (χ2v) is 5.56. The lowest BCUT2D eigenvalue weighted by atomic mass is 9.93. The van der Waals surface area contributed by atoms with Gasteiger partial charge in [0.05, 0.1) is 4.47 Å². The first kappa shape index (κ1) is 11.0. The molecule has 1 heterocycles. The van der Waals surface area contributed by atoms with Crippen molar-refractivity contribution in [3.8, 4) is 0 Å². The summed E-state index contributed by atoms with van der Waals surface area (Å²) in [7, 11) is 0. The molecule has 2 bridgehead atoms. The van der Waals surface area contributed by atoms with Crippen LogP contribution in [0, 0.1) is 17.8 Å². The number of anilines is 1. The first-order chi connectivity index (χ1) is 8.24. The number of carbonyl (C=O) groups is 1. The van der Waals surface area contributed by atoms with E-state index in [0.717, 1.165) is 17.3 Å². The molecule has 4 heteroatoms. The molecule has 0 aliphatic heterocycles. The molecule has 0 spiro atoms. The maximum Gasteiger partial charge on any atom is 0.229 e. The molecule has 0 radical (unpaired) electrons. The van der Waals surface area contributed by atoms with Gasteiger partial charge in [-0.2, -0.15) is 0 Å². The van der Waals surface area contributed by atoms with Crippen LogP contribution in [-0.2, 0) is 4.79 Å². The van der Waals surface area contributed by atoms with Gasteiger partial charge in [0.1, 0.15) is 5.82 Å². The summed E-state index contributed by atoms with van der Waals surface area (Å²) < 4.78 is 0.826. The normalized spacial score (nSPS) is 29.6. The first-order valence-electron chi connectivity index (χ1n) is 5.84. The zero-order valence-electron chi connectivity index (χ0n) is 9.27. The van der Waals surface area contributed by atoms with Crippen LogP contribution in [0.15, 0.2) is 35.0 Å². The molecule has 88 valence electrons. The molecule has 1 fully saturated rings. The molecule has 1 N–H and O–H groups in total. The van der Waals surface area contributed by atoms with E-state index in [-0.39, 0.29) is 11.8 Å². The first-order valence-corrected chi connectivity index (χ1v) is 6.63. The monoisotopic (exact) mass is 292 g/mol. The van der Waals surface area contributed by atoms with Gasteiger partial charge in [-0.1, -0.05) is 12.2 Å². The number of allylic oxidation sites excluding steroid dienone is 2. The van der Waals surface area contributed by atoms with E-state index >= 15 is 0 Å². The molecule has 0 saturated heterocycles. The summed E-state index contributed by atoms with van der Waals surface area (Å²) in [6, 6.07) is 3.71. The summed E-state index contributed by atoms with van der Waals surface area (Å²) in [4.78, 5) is 16.3. The SMILES string of the molecule is O=C(Nc1ncccc1Br)C1CC2C=CC1C2. The summed E-state index contributed by atoms with van der Waals surface area (Å²) in [5.74, 6) is 1.88. The maximum absolute atomic E-state index is 12.2. The predicted molar refractivity (Wildman–Crippen MR) is 69.4 cm³/mol. The molecule has 1 amide bonds. The highest BCUT2D eigenvalue weighted by atomic mass is 79.9. The van der Waals surface area contributed by atoms with Gasteiger partial charge >= 0.3 is 0 Å². The van der Waals surface area contributed by atoms with E-state index in [1.54, 1.807) is 6.20 Å². The van der Waals surface area contributed by atoms with Crippen LogP contribution in [0.25, 0.3) is 0 Å². The summed E-state index contributed by atoms with van der Waals surface area (Å²) in [5.41, 5.74) is 0. The minimum Gasteiger partial charge on any atom is -0.309 e. The molecule has 2 aliphatic carbocycles. The van der Waals surface area contributed by atoms with Crippen LogP contribution in [0.4, 0.5) is 5.82 Å². The Kier molecular flexibility index (Phi) is 2.74. The zero-order chi connectivity index (χ0) is 11.8. The number of carbonyl (C=O) groups excluding carboxylic acids is 1. The van der Waals surface area contributed by atoms with Crippen molar-refractivity contribution >= 4 is 27.7 Å². The average molecular weight is 293 g/mol. The van der Waals surface area contributed by atoms with Crippen molar-refractivity contribution < 1.29 is 4.79 Å². The summed E-state index contributed by atoms with van der Waals surface area (Å²) in [5, 5.41) is 2.91. The number of halogens is 1. The maximum atomic E-state index is 12.2. The molecule has 1 aromatic heterocycles. The highest BCUT2D eigenvalue weighted by Crippen LogP contribution is 2.43. The largest absolute Gasteiger partial charge is 0.309 e. The fourth-order valence-electron chi connectivity index (χ4n) is 2.77. The fourth-order valence-corrected chi connectivity index (χ4v) is 3.12. The molecule has 3 atom stereocenters. The molecule has 0 aromatic carbocycles. The van der Waals surface area contributed by atoms with Gasteiger partial charge < -0.3 is 5.32 Å². The molecule has 2 aliphatic rings. The lowest BCUT2D eigenvalue weighted by Crippen LogP contribution is -2.26. The quantitative estimate of drug-likeness (QED) is 0.852. The smallest absolute Gasteiger partial charge is 0.229 e. The van der Waals surface area contributed by atoms with Crippen molar-refractivity contribution in [3.05, 3.63) is 35.0 Å². The Hall–Kier alpha value is -1.16. The number of hydrogen-bond donors (Lipinski definition) is 1. The van der Waals surface area contributed by atoms with E-state index in [0.29, 0.717) is 17.7 Å². The number of pyridine rings is 1. The Morgan fingerprint density at radius 2 is 2.29 bits per heavy atom. The average Bonchev–Trinajstić information content (AvgIpc) is 2.94. The van der Waals surface area contributed by atoms with Crippen molar-refractivity contribution in [2.75, 3.05) is 5.32 Å². The molecule has 1 aromatic rings. The number of nitrogens with one attached hydrogen (secondary N) is 1. The van der Waals surface area contributed by atoms with Crippen molar-refractivity contribution in [1.29, 1.82) is 0 Å². The van der Waals surface area contributed by atoms with Crippen LogP contribution in [0.5, 0.6) is 0 Å². The number of nitrogens with zero attached hydrogens (tertiary/aromatic N) is 1. The van der Waals surface area contributed by atoms with Gasteiger partial charge in [0.2, 0.25) is 5.91 Å². The Morgan fingerprint density at radius 3 is 2.94 bits per heavy atom. The van der Waals surface area contributed by atoms with Crippen LogP contribution in [0.3, 0.4) is 0 Å². The Bertz CT molecular complexity index is 486. The summed E-state index contributed by atoms with van der Waals surface area (Å²) >= 11 is 3.38. The van der Waals surface area contributed by atoms with E-state index in [1.165, 1.54) is 0 Å². The third-order valence-corrected chi connectivity index (χ3v) is 4.26. The third kappa shape index (κ3) is 2.02. The van der Waals surface area contributed by atoms with Crippen LogP contribution >= 0.6 is 15.9 Å². The van der Waals surface area contributed by atoms with Crippen molar-refractivity contribution in [3.63, 3.8) is 0 Å². The van der Waals surface area contributed by atoms with Gasteiger partial charge in [-0.3, -0.25) is 4.79 Å². The van der Waals surface area contributed by atoms with Crippen molar-refractivity contribution in [2.24, 2.45) is 17.8 Å². The van der Waals surface area contributed by atoms with Crippen molar-refractivity contribution in [2.45, 2.75) is 12.8 Å². The van der Waals surface area contributed by atoms with E-state index in [1.807, 2.05) is 12.1 Å². The number of rotatable bonds is 2. The summed E-state index contributed by atoms with van der Waals surface area (Å²) in [6.45, 7) is 0. The highest BCUT2D eigenvalue weighted by molar-refractivity contribution is 9.10. The predicted octanol–water partition coefficient (Wildman–Crippen LogP) is 2.99. The molecule has 3 unspecified atom stereocenters. The lowest BCUT2D eigenvalue weighted by Gasteiger charge is -2.17. The third-order valence-electron chi connectivity index (χ3n) is 3.62. The fraction of sp³-hybridized carbons (Fsp3) is 0.385. The number of fused-ring (bicyclic) bond motifs is 2. The minimum absolute atomic E-state index is 0.0984. The topological polar surface area (TPSA) is 42.0 Å². The van der Waals surface area contributed by atoms with Crippen LogP contribution < -0.4 is 5.32 Å². The van der Waals surface area contributed by atoms with Gasteiger partial charge in [-0.15, -0.1) is 0 Å². The summed E-state index contributed by atoms with van der Waals surface area (Å²) in [6.07, 6.45) is 8.23. The molecule has 17 heavy (non-hydrogen) atoms. The molecular weight excluding hydrogens is 280 g/mol. The standard InChI is InChI=1S/C13H13BrN2O/c14-11-2-1-5-15-12(11)16-13(17)10-7-8-3-4-9(10)6-8/h1-5,8-10H,6-7H2,(H,15,16,17). The van der Waals surface area contributed by atoms with Gasteiger partial charge in [0.25, 0.3) is 0 Å². The van der Waals surface area contributed by atoms with Gasteiger partial charge in [0, 0.05) is 12.1 Å². The number of aromatic nitrogens is 1. The van der Waals surface area contributed by atoms with Gasteiger partial charge in [-0.05, 0) is 52.7 Å². The molecule has 1 saturated carbocycles.